The topological polar surface area (TPSA) is 34.9 Å². The number of rotatable bonds is 4. The van der Waals surface area contributed by atoms with Crippen molar-refractivity contribution in [1.29, 1.82) is 0 Å². The normalized spacial score (nSPS) is 11.3. The first-order valence-electron chi connectivity index (χ1n) is 8.64. The molecule has 0 saturated heterocycles. The SMILES string of the molecule is CC(=O)Cn1c(C)c(Cc2ccc3ccccc3n2)c2cc(F)ccc21. The number of para-hydroxylation sites is 1. The number of carbonyl (C=O) groups is 1. The summed E-state index contributed by atoms with van der Waals surface area (Å²) in [6, 6.07) is 16.8. The second-order valence-electron chi connectivity index (χ2n) is 6.69. The van der Waals surface area contributed by atoms with Crippen LogP contribution in [0.5, 0.6) is 0 Å². The molecule has 26 heavy (non-hydrogen) atoms. The van der Waals surface area contributed by atoms with Crippen LogP contribution in [0, 0.1) is 12.7 Å². The van der Waals surface area contributed by atoms with Gasteiger partial charge in [-0.3, -0.25) is 9.78 Å². The Kier molecular flexibility index (Phi) is 4.03. The van der Waals surface area contributed by atoms with Gasteiger partial charge in [0.05, 0.1) is 12.1 Å². The van der Waals surface area contributed by atoms with Crippen LogP contribution in [0.1, 0.15) is 23.9 Å². The highest BCUT2D eigenvalue weighted by atomic mass is 19.1. The van der Waals surface area contributed by atoms with Crippen molar-refractivity contribution in [2.75, 3.05) is 0 Å². The second kappa shape index (κ2) is 6.37. The van der Waals surface area contributed by atoms with E-state index < -0.39 is 0 Å². The maximum Gasteiger partial charge on any atom is 0.149 e. The summed E-state index contributed by atoms with van der Waals surface area (Å²) in [5.41, 5.74) is 4.76. The van der Waals surface area contributed by atoms with Crippen molar-refractivity contribution >= 4 is 27.6 Å². The molecule has 0 aliphatic heterocycles. The summed E-state index contributed by atoms with van der Waals surface area (Å²) in [5, 5.41) is 1.94. The number of ketones is 1. The fourth-order valence-corrected chi connectivity index (χ4v) is 3.56. The maximum atomic E-state index is 13.9. The molecule has 2 heterocycles. The molecule has 2 aromatic heterocycles. The number of Topliss-reactive ketones (excluding diaryl/α,β-unsaturated/α-hetero) is 1. The maximum absolute atomic E-state index is 13.9. The smallest absolute Gasteiger partial charge is 0.149 e. The van der Waals surface area contributed by atoms with E-state index in [1.807, 2.05) is 41.8 Å². The van der Waals surface area contributed by atoms with Crippen molar-refractivity contribution in [1.82, 2.24) is 9.55 Å². The monoisotopic (exact) mass is 346 g/mol. The summed E-state index contributed by atoms with van der Waals surface area (Å²) in [4.78, 5) is 16.4. The number of benzene rings is 2. The Morgan fingerprint density at radius 2 is 1.92 bits per heavy atom. The lowest BCUT2D eigenvalue weighted by atomic mass is 10.0. The minimum atomic E-state index is -0.273. The van der Waals surface area contributed by atoms with E-state index in [0.717, 1.165) is 38.8 Å². The van der Waals surface area contributed by atoms with Gasteiger partial charge in [0.2, 0.25) is 0 Å². The van der Waals surface area contributed by atoms with Crippen LogP contribution in [-0.4, -0.2) is 15.3 Å². The van der Waals surface area contributed by atoms with Crippen LogP contribution in [0.25, 0.3) is 21.8 Å². The first-order chi connectivity index (χ1) is 12.5. The third-order valence-electron chi connectivity index (χ3n) is 4.81. The minimum Gasteiger partial charge on any atom is -0.337 e. The molecule has 0 aliphatic rings. The van der Waals surface area contributed by atoms with Gasteiger partial charge in [0.25, 0.3) is 0 Å². The standard InChI is InChI=1S/C22H19FN2O/c1-14(26)13-25-15(2)19(20-11-17(23)8-10-22(20)25)12-18-9-7-16-5-3-4-6-21(16)24-18/h3-11H,12-13H2,1-2H3. The molecule has 0 radical (unpaired) electrons. The zero-order valence-electron chi connectivity index (χ0n) is 14.8. The fraction of sp³-hybridized carbons (Fsp3) is 0.182. The average Bonchev–Trinajstić information content (AvgIpc) is 2.86. The Bertz CT molecular complexity index is 1140. The summed E-state index contributed by atoms with van der Waals surface area (Å²) >= 11 is 0. The van der Waals surface area contributed by atoms with Gasteiger partial charge in [0.15, 0.2) is 0 Å². The molecule has 2 aromatic carbocycles. The van der Waals surface area contributed by atoms with Gasteiger partial charge in [-0.25, -0.2) is 4.39 Å². The van der Waals surface area contributed by atoms with E-state index in [2.05, 4.69) is 6.07 Å². The number of nitrogens with zero attached hydrogens (tertiary/aromatic N) is 2. The molecule has 0 amide bonds. The third kappa shape index (κ3) is 2.88. The molecule has 4 aromatic rings. The first kappa shape index (κ1) is 16.5. The molecule has 0 N–H and O–H groups in total. The minimum absolute atomic E-state index is 0.0738. The van der Waals surface area contributed by atoms with E-state index >= 15 is 0 Å². The van der Waals surface area contributed by atoms with Crippen molar-refractivity contribution in [2.24, 2.45) is 0 Å². The molecule has 0 fully saturated rings. The Morgan fingerprint density at radius 1 is 1.12 bits per heavy atom. The van der Waals surface area contributed by atoms with Crippen LogP contribution in [0.4, 0.5) is 4.39 Å². The molecule has 0 aliphatic carbocycles. The predicted molar refractivity (Wildman–Crippen MR) is 102 cm³/mol. The van der Waals surface area contributed by atoms with Gasteiger partial charge in [-0.15, -0.1) is 0 Å². The van der Waals surface area contributed by atoms with Crippen LogP contribution in [0.3, 0.4) is 0 Å². The molecular formula is C22H19FN2O. The van der Waals surface area contributed by atoms with E-state index in [1.54, 1.807) is 19.1 Å². The summed E-state index contributed by atoms with van der Waals surface area (Å²) in [7, 11) is 0. The number of hydrogen-bond donors (Lipinski definition) is 0. The van der Waals surface area contributed by atoms with Gasteiger partial charge < -0.3 is 4.57 Å². The van der Waals surface area contributed by atoms with Crippen LogP contribution < -0.4 is 0 Å². The first-order valence-corrected chi connectivity index (χ1v) is 8.64. The molecule has 4 rings (SSSR count). The Balaban J connectivity index is 1.85. The van der Waals surface area contributed by atoms with Gasteiger partial charge in [0.1, 0.15) is 11.6 Å². The summed E-state index contributed by atoms with van der Waals surface area (Å²) in [6.07, 6.45) is 0.599. The lowest BCUT2D eigenvalue weighted by molar-refractivity contribution is -0.117. The molecule has 4 heteroatoms. The molecule has 0 atom stereocenters. The number of fused-ring (bicyclic) bond motifs is 2. The van der Waals surface area contributed by atoms with Gasteiger partial charge in [-0.1, -0.05) is 24.3 Å². The molecule has 0 bridgehead atoms. The average molecular weight is 346 g/mol. The predicted octanol–water partition coefficient (Wildman–Crippen LogP) is 4.82. The van der Waals surface area contributed by atoms with Crippen molar-refractivity contribution in [2.45, 2.75) is 26.8 Å². The molecule has 0 spiro atoms. The second-order valence-corrected chi connectivity index (χ2v) is 6.69. The number of halogens is 1. The van der Waals surface area contributed by atoms with E-state index in [4.69, 9.17) is 4.98 Å². The highest BCUT2D eigenvalue weighted by Gasteiger charge is 2.16. The molecule has 0 unspecified atom stereocenters. The Labute approximate surface area is 151 Å². The van der Waals surface area contributed by atoms with Gasteiger partial charge >= 0.3 is 0 Å². The molecule has 130 valence electrons. The third-order valence-corrected chi connectivity index (χ3v) is 4.81. The quantitative estimate of drug-likeness (QED) is 0.531. The highest BCUT2D eigenvalue weighted by Crippen LogP contribution is 2.29. The number of aromatic nitrogens is 2. The summed E-state index contributed by atoms with van der Waals surface area (Å²) < 4.78 is 15.8. The van der Waals surface area contributed by atoms with Crippen LogP contribution in [-0.2, 0) is 17.8 Å². The summed E-state index contributed by atoms with van der Waals surface area (Å²) in [5.74, 6) is -0.199. The Hall–Kier alpha value is -3.01. The molecular weight excluding hydrogens is 327 g/mol. The van der Waals surface area contributed by atoms with E-state index in [9.17, 15) is 9.18 Å². The summed E-state index contributed by atoms with van der Waals surface area (Å²) in [6.45, 7) is 3.84. The molecule has 0 saturated carbocycles. The number of hydrogen-bond acceptors (Lipinski definition) is 2. The lowest BCUT2D eigenvalue weighted by Crippen LogP contribution is -2.08. The van der Waals surface area contributed by atoms with Gasteiger partial charge in [-0.05, 0) is 49.7 Å². The number of carbonyl (C=O) groups excluding carboxylic acids is 1. The van der Waals surface area contributed by atoms with Crippen molar-refractivity contribution < 1.29 is 9.18 Å². The van der Waals surface area contributed by atoms with Gasteiger partial charge in [0, 0.05) is 34.1 Å². The van der Waals surface area contributed by atoms with Crippen molar-refractivity contribution in [3.63, 3.8) is 0 Å². The van der Waals surface area contributed by atoms with E-state index in [-0.39, 0.29) is 11.6 Å². The number of pyridine rings is 1. The molecule has 3 nitrogen and oxygen atoms in total. The van der Waals surface area contributed by atoms with Crippen LogP contribution in [0.15, 0.2) is 54.6 Å². The zero-order valence-corrected chi connectivity index (χ0v) is 14.8. The van der Waals surface area contributed by atoms with E-state index in [1.165, 1.54) is 6.07 Å². The largest absolute Gasteiger partial charge is 0.337 e. The van der Waals surface area contributed by atoms with Crippen molar-refractivity contribution in [3.8, 4) is 0 Å². The zero-order chi connectivity index (χ0) is 18.3. The van der Waals surface area contributed by atoms with E-state index in [0.29, 0.717) is 13.0 Å². The van der Waals surface area contributed by atoms with Crippen LogP contribution in [0.2, 0.25) is 0 Å². The van der Waals surface area contributed by atoms with Crippen LogP contribution >= 0.6 is 0 Å². The Morgan fingerprint density at radius 3 is 2.73 bits per heavy atom. The van der Waals surface area contributed by atoms with Gasteiger partial charge in [-0.2, -0.15) is 0 Å². The lowest BCUT2D eigenvalue weighted by Gasteiger charge is -2.07. The fourth-order valence-electron chi connectivity index (χ4n) is 3.56. The highest BCUT2D eigenvalue weighted by molar-refractivity contribution is 5.88. The van der Waals surface area contributed by atoms with Crippen molar-refractivity contribution in [3.05, 3.63) is 77.4 Å².